The number of benzene rings is 2. The van der Waals surface area contributed by atoms with Gasteiger partial charge in [-0.25, -0.2) is 9.78 Å². The van der Waals surface area contributed by atoms with Gasteiger partial charge in [0.25, 0.3) is 0 Å². The van der Waals surface area contributed by atoms with E-state index in [1.807, 2.05) is 24.3 Å². The number of nitrogens with zero attached hydrogens (tertiary/aromatic N) is 2. The first kappa shape index (κ1) is 18.3. The number of hydrogen-bond donors (Lipinski definition) is 2. The van der Waals surface area contributed by atoms with Crippen molar-refractivity contribution in [1.82, 2.24) is 14.9 Å². The molecule has 1 aromatic heterocycles. The van der Waals surface area contributed by atoms with Crippen LogP contribution in [-0.2, 0) is 6.18 Å². The van der Waals surface area contributed by atoms with Crippen molar-refractivity contribution in [2.24, 2.45) is 0 Å². The molecule has 8 heteroatoms. The summed E-state index contributed by atoms with van der Waals surface area (Å²) in [6.45, 7) is 1.13. The van der Waals surface area contributed by atoms with E-state index in [-0.39, 0.29) is 11.9 Å². The Hall–Kier alpha value is -3.03. The molecule has 2 amide bonds. The molecule has 0 radical (unpaired) electrons. The number of piperidine rings is 1. The number of likely N-dealkylation sites (tertiary alicyclic amines) is 1. The first-order valence-corrected chi connectivity index (χ1v) is 9.08. The van der Waals surface area contributed by atoms with Gasteiger partial charge < -0.3 is 15.2 Å². The Morgan fingerprint density at radius 1 is 1.07 bits per heavy atom. The number of hydrogen-bond acceptors (Lipinski definition) is 2. The first-order chi connectivity index (χ1) is 13.4. The van der Waals surface area contributed by atoms with Gasteiger partial charge in [-0.2, -0.15) is 13.2 Å². The van der Waals surface area contributed by atoms with Gasteiger partial charge in [-0.05, 0) is 49.2 Å². The molecule has 0 saturated carbocycles. The van der Waals surface area contributed by atoms with Crippen molar-refractivity contribution < 1.29 is 18.0 Å². The van der Waals surface area contributed by atoms with Gasteiger partial charge in [0, 0.05) is 24.7 Å². The Morgan fingerprint density at radius 3 is 2.39 bits per heavy atom. The van der Waals surface area contributed by atoms with Gasteiger partial charge in [0.2, 0.25) is 0 Å². The summed E-state index contributed by atoms with van der Waals surface area (Å²) < 4.78 is 37.8. The zero-order valence-electron chi connectivity index (χ0n) is 15.0. The van der Waals surface area contributed by atoms with E-state index in [0.29, 0.717) is 18.8 Å². The summed E-state index contributed by atoms with van der Waals surface area (Å²) in [5.41, 5.74) is 1.54. The fourth-order valence-corrected chi connectivity index (χ4v) is 3.47. The quantitative estimate of drug-likeness (QED) is 0.650. The van der Waals surface area contributed by atoms with E-state index in [4.69, 9.17) is 0 Å². The van der Waals surface area contributed by atoms with Crippen LogP contribution < -0.4 is 5.32 Å². The summed E-state index contributed by atoms with van der Waals surface area (Å²) in [6, 6.07) is 12.0. The van der Waals surface area contributed by atoms with Crippen LogP contribution >= 0.6 is 0 Å². The minimum Gasteiger partial charge on any atom is -0.342 e. The number of carbonyl (C=O) groups is 1. The lowest BCUT2D eigenvalue weighted by atomic mass is 9.96. The molecule has 1 fully saturated rings. The van der Waals surface area contributed by atoms with Crippen LogP contribution in [0.25, 0.3) is 11.0 Å². The van der Waals surface area contributed by atoms with E-state index in [9.17, 15) is 18.0 Å². The Labute approximate surface area is 159 Å². The Kier molecular flexibility index (Phi) is 4.70. The number of urea groups is 1. The number of para-hydroxylation sites is 2. The van der Waals surface area contributed by atoms with E-state index in [0.717, 1.165) is 41.8 Å². The number of halogens is 3. The molecule has 146 valence electrons. The lowest BCUT2D eigenvalue weighted by Gasteiger charge is -2.31. The number of fused-ring (bicyclic) bond motifs is 1. The molecule has 0 unspecified atom stereocenters. The topological polar surface area (TPSA) is 61.0 Å². The number of H-pyrrole nitrogens is 1. The van der Waals surface area contributed by atoms with Crippen LogP contribution in [0.1, 0.15) is 30.1 Å². The van der Waals surface area contributed by atoms with Crippen LogP contribution in [0.15, 0.2) is 48.5 Å². The molecule has 4 rings (SSSR count). The molecule has 1 aliphatic heterocycles. The van der Waals surface area contributed by atoms with Crippen LogP contribution in [0.5, 0.6) is 0 Å². The molecule has 1 aliphatic rings. The zero-order valence-corrected chi connectivity index (χ0v) is 15.0. The van der Waals surface area contributed by atoms with Crippen molar-refractivity contribution in [2.45, 2.75) is 24.9 Å². The van der Waals surface area contributed by atoms with Crippen LogP contribution in [0.2, 0.25) is 0 Å². The van der Waals surface area contributed by atoms with E-state index < -0.39 is 11.7 Å². The lowest BCUT2D eigenvalue weighted by Crippen LogP contribution is -2.40. The number of rotatable bonds is 2. The number of amides is 2. The van der Waals surface area contributed by atoms with E-state index in [1.165, 1.54) is 12.1 Å². The fraction of sp³-hybridized carbons (Fsp3) is 0.300. The van der Waals surface area contributed by atoms with Crippen molar-refractivity contribution in [3.8, 4) is 0 Å². The van der Waals surface area contributed by atoms with Gasteiger partial charge in [0.1, 0.15) is 5.82 Å². The third-order valence-electron chi connectivity index (χ3n) is 5.04. The smallest absolute Gasteiger partial charge is 0.342 e. The molecule has 1 saturated heterocycles. The highest BCUT2D eigenvalue weighted by molar-refractivity contribution is 5.89. The van der Waals surface area contributed by atoms with Crippen molar-refractivity contribution in [2.75, 3.05) is 18.4 Å². The summed E-state index contributed by atoms with van der Waals surface area (Å²) in [7, 11) is 0. The fourth-order valence-electron chi connectivity index (χ4n) is 3.47. The summed E-state index contributed by atoms with van der Waals surface area (Å²) in [6.07, 6.45) is -2.83. The molecular weight excluding hydrogens is 369 g/mol. The van der Waals surface area contributed by atoms with Crippen molar-refractivity contribution in [1.29, 1.82) is 0 Å². The minimum absolute atomic E-state index is 0.252. The third kappa shape index (κ3) is 3.81. The average molecular weight is 388 g/mol. The molecule has 2 aromatic carbocycles. The van der Waals surface area contributed by atoms with E-state index >= 15 is 0 Å². The third-order valence-corrected chi connectivity index (χ3v) is 5.04. The second-order valence-electron chi connectivity index (χ2n) is 6.91. The van der Waals surface area contributed by atoms with Gasteiger partial charge in [0.15, 0.2) is 0 Å². The Morgan fingerprint density at radius 2 is 1.75 bits per heavy atom. The highest BCUT2D eigenvalue weighted by Gasteiger charge is 2.30. The van der Waals surface area contributed by atoms with Crippen molar-refractivity contribution >= 4 is 22.8 Å². The molecule has 2 heterocycles. The molecular formula is C20H19F3N4O. The number of aromatic nitrogens is 2. The second-order valence-corrected chi connectivity index (χ2v) is 6.91. The summed E-state index contributed by atoms with van der Waals surface area (Å²) in [4.78, 5) is 22.1. The molecule has 0 aliphatic carbocycles. The average Bonchev–Trinajstić information content (AvgIpc) is 3.12. The zero-order chi connectivity index (χ0) is 19.7. The summed E-state index contributed by atoms with van der Waals surface area (Å²) in [5.74, 6) is 1.19. The van der Waals surface area contributed by atoms with Gasteiger partial charge >= 0.3 is 12.2 Å². The maximum atomic E-state index is 12.6. The van der Waals surface area contributed by atoms with Gasteiger partial charge in [0.05, 0.1) is 16.6 Å². The SMILES string of the molecule is O=C(Nc1ccc(C(F)(F)F)cc1)N1CCC(c2nc3ccccc3[nH]2)CC1. The maximum Gasteiger partial charge on any atom is 0.416 e. The molecule has 3 aromatic rings. The monoisotopic (exact) mass is 388 g/mol. The van der Waals surface area contributed by atoms with E-state index in [1.54, 1.807) is 4.90 Å². The lowest BCUT2D eigenvalue weighted by molar-refractivity contribution is -0.137. The van der Waals surface area contributed by atoms with Gasteiger partial charge in [-0.1, -0.05) is 12.1 Å². The van der Waals surface area contributed by atoms with E-state index in [2.05, 4.69) is 15.3 Å². The van der Waals surface area contributed by atoms with Crippen molar-refractivity contribution in [3.05, 3.63) is 59.9 Å². The summed E-state index contributed by atoms with van der Waals surface area (Å²) >= 11 is 0. The van der Waals surface area contributed by atoms with Gasteiger partial charge in [-0.3, -0.25) is 0 Å². The van der Waals surface area contributed by atoms with Crippen LogP contribution in [-0.4, -0.2) is 34.0 Å². The summed E-state index contributed by atoms with van der Waals surface area (Å²) in [5, 5.41) is 2.66. The number of aromatic amines is 1. The van der Waals surface area contributed by atoms with Crippen molar-refractivity contribution in [3.63, 3.8) is 0 Å². The number of nitrogens with one attached hydrogen (secondary N) is 2. The first-order valence-electron chi connectivity index (χ1n) is 9.08. The molecule has 5 nitrogen and oxygen atoms in total. The molecule has 0 spiro atoms. The van der Waals surface area contributed by atoms with Crippen LogP contribution in [0.3, 0.4) is 0 Å². The predicted molar refractivity (Wildman–Crippen MR) is 100 cm³/mol. The molecule has 0 atom stereocenters. The Balaban J connectivity index is 1.35. The second kappa shape index (κ2) is 7.18. The molecule has 2 N–H and O–H groups in total. The Bertz CT molecular complexity index is 940. The highest BCUT2D eigenvalue weighted by Crippen LogP contribution is 2.30. The maximum absolute atomic E-state index is 12.6. The number of imidazole rings is 1. The number of alkyl halides is 3. The standard InChI is InChI=1S/C20H19F3N4O/c21-20(22,23)14-5-7-15(8-6-14)24-19(28)27-11-9-13(10-12-27)18-25-16-3-1-2-4-17(16)26-18/h1-8,13H,9-12H2,(H,24,28)(H,25,26). The van der Waals surface area contributed by atoms with Crippen LogP contribution in [0.4, 0.5) is 23.7 Å². The largest absolute Gasteiger partial charge is 0.416 e. The molecule has 0 bridgehead atoms. The van der Waals surface area contributed by atoms with Crippen LogP contribution in [0, 0.1) is 0 Å². The normalized spacial score (nSPS) is 15.8. The van der Waals surface area contributed by atoms with Gasteiger partial charge in [-0.15, -0.1) is 0 Å². The molecule has 28 heavy (non-hydrogen) atoms. The minimum atomic E-state index is -4.39. The predicted octanol–water partition coefficient (Wildman–Crippen LogP) is 4.99. The number of anilines is 1. The highest BCUT2D eigenvalue weighted by atomic mass is 19.4. The number of carbonyl (C=O) groups excluding carboxylic acids is 1.